The molecule has 5 aliphatic rings. The highest BCUT2D eigenvalue weighted by molar-refractivity contribution is 7.90. The molecule has 6 heterocycles. The van der Waals surface area contributed by atoms with Crippen LogP contribution in [0.5, 0.6) is 5.75 Å². The fourth-order valence-corrected chi connectivity index (χ4v) is 11.4. The molecule has 3 N–H and O–H groups in total. The van der Waals surface area contributed by atoms with Crippen molar-refractivity contribution in [3.8, 4) is 16.9 Å². The van der Waals surface area contributed by atoms with Crippen LogP contribution in [-0.2, 0) is 21.5 Å². The van der Waals surface area contributed by atoms with Crippen molar-refractivity contribution >= 4 is 50.2 Å². The van der Waals surface area contributed by atoms with E-state index in [1.807, 2.05) is 35.1 Å². The van der Waals surface area contributed by atoms with Gasteiger partial charge in [0.25, 0.3) is 5.91 Å². The highest BCUT2D eigenvalue weighted by atomic mass is 32.2. The van der Waals surface area contributed by atoms with Gasteiger partial charge in [-0.2, -0.15) is 12.7 Å². The van der Waals surface area contributed by atoms with E-state index in [-0.39, 0.29) is 43.0 Å². The third kappa shape index (κ3) is 8.77. The van der Waals surface area contributed by atoms with Crippen LogP contribution >= 0.6 is 0 Å². The van der Waals surface area contributed by atoms with E-state index < -0.39 is 51.1 Å². The van der Waals surface area contributed by atoms with E-state index in [0.29, 0.717) is 59.2 Å². The number of carbonyl (C=O) groups is 3. The summed E-state index contributed by atoms with van der Waals surface area (Å²) in [6.07, 6.45) is 6.94. The number of pyridine rings is 1. The molecule has 67 heavy (non-hydrogen) atoms. The van der Waals surface area contributed by atoms with Gasteiger partial charge in [-0.15, -0.1) is 0 Å². The molecule has 3 saturated heterocycles. The lowest BCUT2D eigenvalue weighted by Gasteiger charge is -2.43. The van der Waals surface area contributed by atoms with Crippen LogP contribution in [0.4, 0.5) is 24.5 Å². The SMILES string of the molecule is C=C1CCC(N2Cc3cc(OC4CC(N(C)CC5CCN(c6ccc(-c7cnc8[nH]cc(C(=O)c9c(F)ccc(NS(=O)(=O)N%10CC[C@@H](F)C%10)c9F)c8c7)cc6)CC5)C4)ccc3C2=O)C(=O)N1. The predicted octanol–water partition coefficient (Wildman–Crippen LogP) is 6.95. The number of aromatic amines is 1. The second-order valence-electron chi connectivity index (χ2n) is 18.5. The Kier molecular flexibility index (Phi) is 11.8. The number of aromatic nitrogens is 2. The molecule has 4 aliphatic heterocycles. The molecular formula is C49H51F3N8O6S. The number of amides is 2. The molecule has 4 fully saturated rings. The number of benzene rings is 3. The third-order valence-corrected chi connectivity index (χ3v) is 15.6. The molecule has 18 heteroatoms. The summed E-state index contributed by atoms with van der Waals surface area (Å²) >= 11 is 0. The van der Waals surface area contributed by atoms with Gasteiger partial charge in [-0.25, -0.2) is 18.2 Å². The Hall–Kier alpha value is -6.24. The summed E-state index contributed by atoms with van der Waals surface area (Å²) in [6.45, 7) is 6.60. The second-order valence-corrected chi connectivity index (χ2v) is 20.1. The zero-order valence-electron chi connectivity index (χ0n) is 36.9. The molecule has 5 aromatic rings. The number of ether oxygens (including phenoxy) is 1. The average Bonchev–Trinajstić information content (AvgIpc) is 4.03. The lowest BCUT2D eigenvalue weighted by Crippen LogP contribution is -2.49. The van der Waals surface area contributed by atoms with E-state index in [1.165, 1.54) is 6.20 Å². The molecular weight excluding hydrogens is 886 g/mol. The van der Waals surface area contributed by atoms with Gasteiger partial charge in [0, 0.05) is 104 Å². The van der Waals surface area contributed by atoms with Gasteiger partial charge in [0.15, 0.2) is 5.82 Å². The fraction of sp³-hybridized carbons (Fsp3) is 0.388. The van der Waals surface area contributed by atoms with Crippen LogP contribution < -0.4 is 19.7 Å². The molecule has 2 atom stereocenters. The zero-order valence-corrected chi connectivity index (χ0v) is 37.8. The highest BCUT2D eigenvalue weighted by Crippen LogP contribution is 2.36. The molecule has 2 aromatic heterocycles. The topological polar surface area (TPSA) is 160 Å². The number of hydrogen-bond donors (Lipinski definition) is 3. The number of nitrogens with zero attached hydrogens (tertiary/aromatic N) is 5. The summed E-state index contributed by atoms with van der Waals surface area (Å²) in [5.74, 6) is -2.53. The van der Waals surface area contributed by atoms with E-state index in [0.717, 1.165) is 84.3 Å². The van der Waals surface area contributed by atoms with E-state index in [4.69, 9.17) is 4.74 Å². The molecule has 3 aromatic carbocycles. The van der Waals surface area contributed by atoms with Crippen molar-refractivity contribution in [2.45, 2.75) is 75.8 Å². The lowest BCUT2D eigenvalue weighted by atomic mass is 9.86. The maximum Gasteiger partial charge on any atom is 0.301 e. The number of carbonyl (C=O) groups excluding carboxylic acids is 3. The van der Waals surface area contributed by atoms with Crippen molar-refractivity contribution in [3.05, 3.63) is 119 Å². The summed E-state index contributed by atoms with van der Waals surface area (Å²) < 4.78 is 79.5. The molecule has 2 amide bonds. The van der Waals surface area contributed by atoms with Gasteiger partial charge < -0.3 is 29.7 Å². The lowest BCUT2D eigenvalue weighted by molar-refractivity contribution is -0.126. The predicted molar refractivity (Wildman–Crippen MR) is 247 cm³/mol. The van der Waals surface area contributed by atoms with Crippen molar-refractivity contribution < 1.29 is 40.7 Å². The third-order valence-electron chi connectivity index (χ3n) is 14.1. The van der Waals surface area contributed by atoms with Gasteiger partial charge in [0.05, 0.1) is 11.3 Å². The Labute approximate surface area is 386 Å². The Morgan fingerprint density at radius 3 is 2.49 bits per heavy atom. The van der Waals surface area contributed by atoms with Crippen molar-refractivity contribution in [2.24, 2.45) is 5.92 Å². The van der Waals surface area contributed by atoms with Crippen LogP contribution in [0, 0.1) is 17.6 Å². The molecule has 14 nitrogen and oxygen atoms in total. The summed E-state index contributed by atoms with van der Waals surface area (Å²) in [6, 6.07) is 17.1. The molecule has 0 spiro atoms. The monoisotopic (exact) mass is 936 g/mol. The zero-order chi connectivity index (χ0) is 46.7. The van der Waals surface area contributed by atoms with Crippen molar-refractivity contribution in [1.29, 1.82) is 0 Å². The first-order valence-corrected chi connectivity index (χ1v) is 24.2. The van der Waals surface area contributed by atoms with Gasteiger partial charge in [0.2, 0.25) is 11.7 Å². The smallest absolute Gasteiger partial charge is 0.301 e. The van der Waals surface area contributed by atoms with Crippen molar-refractivity contribution in [2.75, 3.05) is 49.4 Å². The molecule has 1 aliphatic carbocycles. The highest BCUT2D eigenvalue weighted by Gasteiger charge is 2.40. The van der Waals surface area contributed by atoms with Crippen LogP contribution in [0.3, 0.4) is 0 Å². The quantitative estimate of drug-likeness (QED) is 0.106. The number of ketones is 1. The Bertz CT molecular complexity index is 2900. The van der Waals surface area contributed by atoms with E-state index in [2.05, 4.69) is 50.8 Å². The number of nitrogens with one attached hydrogen (secondary N) is 3. The standard InChI is InChI=1S/C49H51F3N8O6S/c1-28-3-12-43(48(62)55-28)60-26-32-19-36(8-9-38(32)49(60)63)66-37-21-35(22-37)57(2)25-29-13-16-58(17-14-29)34-6-4-30(5-7-34)31-20-39-40(24-54-47(39)53-23-31)46(61)44-41(51)10-11-42(45(44)52)56-67(64,65)59-18-15-33(50)27-59/h4-11,19-20,23-24,29,33,35,37,43,56H,1,3,12-18,21-22,25-27H2,2H3,(H,53,54)(H,55,62)/t33-,35?,37?,43?/m1/s1. The van der Waals surface area contributed by atoms with Crippen LogP contribution in [0.15, 0.2) is 85.3 Å². The summed E-state index contributed by atoms with van der Waals surface area (Å²) in [4.78, 5) is 53.3. The molecule has 0 radical (unpaired) electrons. The number of piperidine rings is 2. The number of allylic oxidation sites excluding steroid dienone is 1. The van der Waals surface area contributed by atoms with E-state index >= 15 is 8.78 Å². The van der Waals surface area contributed by atoms with E-state index in [1.54, 1.807) is 17.2 Å². The number of anilines is 2. The number of fused-ring (bicyclic) bond motifs is 2. The van der Waals surface area contributed by atoms with Crippen LogP contribution in [0.25, 0.3) is 22.2 Å². The first kappa shape index (κ1) is 44.6. The van der Waals surface area contributed by atoms with Crippen molar-refractivity contribution in [3.63, 3.8) is 0 Å². The maximum atomic E-state index is 15.8. The number of rotatable bonds is 13. The second kappa shape index (κ2) is 17.8. The van der Waals surface area contributed by atoms with Crippen molar-refractivity contribution in [1.82, 2.24) is 29.4 Å². The largest absolute Gasteiger partial charge is 0.490 e. The van der Waals surface area contributed by atoms with Gasteiger partial charge in [-0.1, -0.05) is 18.7 Å². The summed E-state index contributed by atoms with van der Waals surface area (Å²) in [5, 5.41) is 3.12. The van der Waals surface area contributed by atoms with Crippen LogP contribution in [0.1, 0.15) is 76.8 Å². The number of alkyl halides is 1. The average molecular weight is 937 g/mol. The van der Waals surface area contributed by atoms with Gasteiger partial charge in [-0.05, 0) is 105 Å². The molecule has 10 rings (SSSR count). The van der Waals surface area contributed by atoms with Crippen LogP contribution in [-0.4, -0.2) is 114 Å². The first-order chi connectivity index (χ1) is 32.2. The number of hydrogen-bond acceptors (Lipinski definition) is 9. The number of halogens is 3. The van der Waals surface area contributed by atoms with Crippen LogP contribution in [0.2, 0.25) is 0 Å². The minimum atomic E-state index is -4.35. The molecule has 0 bridgehead atoms. The normalized spacial score (nSPS) is 22.6. The summed E-state index contributed by atoms with van der Waals surface area (Å²) in [5.41, 5.74) is 3.54. The Balaban J connectivity index is 0.713. The Morgan fingerprint density at radius 2 is 1.76 bits per heavy atom. The molecule has 1 unspecified atom stereocenters. The molecule has 1 saturated carbocycles. The minimum absolute atomic E-state index is 0.00535. The van der Waals surface area contributed by atoms with Gasteiger partial charge in [-0.3, -0.25) is 19.1 Å². The first-order valence-electron chi connectivity index (χ1n) is 22.8. The minimum Gasteiger partial charge on any atom is -0.490 e. The van der Waals surface area contributed by atoms with E-state index in [9.17, 15) is 27.2 Å². The number of H-pyrrole nitrogens is 1. The summed E-state index contributed by atoms with van der Waals surface area (Å²) in [7, 11) is -2.16. The van der Waals surface area contributed by atoms with Gasteiger partial charge in [0.1, 0.15) is 35.5 Å². The fourth-order valence-electron chi connectivity index (χ4n) is 10.1. The Morgan fingerprint density at radius 1 is 0.985 bits per heavy atom. The maximum absolute atomic E-state index is 15.8. The molecule has 350 valence electrons. The van der Waals surface area contributed by atoms with Gasteiger partial charge >= 0.3 is 10.2 Å².